The van der Waals surface area contributed by atoms with E-state index in [0.29, 0.717) is 0 Å². The first kappa shape index (κ1) is 14.9. The highest BCUT2D eigenvalue weighted by molar-refractivity contribution is 7.19. The van der Waals surface area contributed by atoms with Gasteiger partial charge in [-0.3, -0.25) is 0 Å². The van der Waals surface area contributed by atoms with E-state index in [9.17, 15) is 4.79 Å². The van der Waals surface area contributed by atoms with Crippen LogP contribution in [0.3, 0.4) is 0 Å². The Kier molecular flexibility index (Phi) is 4.09. The van der Waals surface area contributed by atoms with Gasteiger partial charge in [0, 0.05) is 9.58 Å². The maximum Gasteiger partial charge on any atom is 0.408 e. The average Bonchev–Trinajstić information content (AvgIpc) is 2.68. The molecule has 1 aromatic carbocycles. The summed E-state index contributed by atoms with van der Waals surface area (Å²) in [5.74, 6) is 0. The lowest BCUT2D eigenvalue weighted by Gasteiger charge is -2.21. The molecule has 0 aliphatic rings. The van der Waals surface area contributed by atoms with Gasteiger partial charge in [-0.2, -0.15) is 0 Å². The molecule has 1 amide bonds. The summed E-state index contributed by atoms with van der Waals surface area (Å²) in [6.07, 6.45) is -0.376. The van der Waals surface area contributed by atoms with Gasteiger partial charge >= 0.3 is 6.09 Å². The number of thiophene rings is 1. The van der Waals surface area contributed by atoms with E-state index in [4.69, 9.17) is 4.74 Å². The van der Waals surface area contributed by atoms with Crippen LogP contribution in [0.5, 0.6) is 0 Å². The van der Waals surface area contributed by atoms with Gasteiger partial charge in [0.1, 0.15) is 13.4 Å². The molecule has 2 rings (SSSR count). The van der Waals surface area contributed by atoms with Gasteiger partial charge < -0.3 is 10.1 Å². The van der Waals surface area contributed by atoms with Crippen molar-refractivity contribution < 1.29 is 9.53 Å². The fraction of sp³-hybridized carbons (Fsp3) is 0.400. The van der Waals surface area contributed by atoms with Crippen molar-refractivity contribution in [2.45, 2.75) is 39.3 Å². The zero-order valence-electron chi connectivity index (χ0n) is 12.6. The number of alkyl carbamates (subject to hydrolysis) is 1. The number of ether oxygens (including phenoxy) is 1. The molecular formula is C15H20BNO2S. The highest BCUT2D eigenvalue weighted by atomic mass is 32.1. The Morgan fingerprint density at radius 1 is 1.35 bits per heavy atom. The molecule has 5 heteroatoms. The Morgan fingerprint density at radius 2 is 2.05 bits per heavy atom. The first-order chi connectivity index (χ1) is 9.24. The number of benzene rings is 1. The molecule has 1 unspecified atom stereocenters. The third-order valence-corrected chi connectivity index (χ3v) is 4.14. The zero-order chi connectivity index (χ0) is 14.9. The third-order valence-electron chi connectivity index (χ3n) is 2.85. The summed E-state index contributed by atoms with van der Waals surface area (Å²) in [5.41, 5.74) is 0.778. The van der Waals surface area contributed by atoms with E-state index in [1.165, 1.54) is 15.5 Å². The number of carbonyl (C=O) groups excluding carboxylic acids is 1. The predicted octanol–water partition coefficient (Wildman–Crippen LogP) is 2.75. The molecule has 1 N–H and O–H groups in total. The first-order valence-electron chi connectivity index (χ1n) is 6.74. The summed E-state index contributed by atoms with van der Waals surface area (Å²) in [6, 6.07) is 8.46. The minimum atomic E-state index is -0.471. The quantitative estimate of drug-likeness (QED) is 0.863. The molecule has 0 saturated heterocycles. The topological polar surface area (TPSA) is 38.3 Å². The molecule has 0 aliphatic heterocycles. The van der Waals surface area contributed by atoms with Gasteiger partial charge in [-0.25, -0.2) is 4.79 Å². The van der Waals surface area contributed by atoms with Crippen molar-refractivity contribution in [1.82, 2.24) is 5.32 Å². The summed E-state index contributed by atoms with van der Waals surface area (Å²) in [4.78, 5) is 12.9. The molecule has 3 nitrogen and oxygen atoms in total. The Balaban J connectivity index is 2.11. The molecule has 0 bridgehead atoms. The Morgan fingerprint density at radius 3 is 2.70 bits per heavy atom. The minimum Gasteiger partial charge on any atom is -0.444 e. The van der Waals surface area contributed by atoms with Gasteiger partial charge in [0.15, 0.2) is 0 Å². The van der Waals surface area contributed by atoms with Gasteiger partial charge in [-0.15, -0.1) is 11.3 Å². The number of hydrogen-bond donors (Lipinski definition) is 1. The molecule has 0 spiro atoms. The fourth-order valence-corrected chi connectivity index (χ4v) is 3.09. The van der Waals surface area contributed by atoms with Crippen molar-refractivity contribution in [2.75, 3.05) is 0 Å². The maximum atomic E-state index is 11.8. The van der Waals surface area contributed by atoms with Crippen molar-refractivity contribution in [3.63, 3.8) is 0 Å². The second-order valence-electron chi connectivity index (χ2n) is 6.06. The number of fused-ring (bicyclic) bond motifs is 1. The normalized spacial score (nSPS) is 13.2. The number of rotatable bonds is 2. The van der Waals surface area contributed by atoms with Crippen LogP contribution >= 0.6 is 11.3 Å². The molecule has 0 fully saturated rings. The molecule has 0 saturated carbocycles. The molecule has 1 aromatic heterocycles. The minimum absolute atomic E-state index is 0.0532. The smallest absolute Gasteiger partial charge is 0.408 e. The molecule has 1 heterocycles. The van der Waals surface area contributed by atoms with Gasteiger partial charge in [-0.05, 0) is 39.1 Å². The monoisotopic (exact) mass is 289 g/mol. The number of nitrogens with one attached hydrogen (secondary N) is 1. The van der Waals surface area contributed by atoms with E-state index in [1.54, 1.807) is 11.3 Å². The maximum absolute atomic E-state index is 11.8. The molecule has 0 aliphatic carbocycles. The van der Waals surface area contributed by atoms with Crippen molar-refractivity contribution in [1.29, 1.82) is 0 Å². The van der Waals surface area contributed by atoms with Crippen molar-refractivity contribution in [2.24, 2.45) is 0 Å². The largest absolute Gasteiger partial charge is 0.444 e. The Bertz CT molecular complexity index is 630. The zero-order valence-corrected chi connectivity index (χ0v) is 13.4. The van der Waals surface area contributed by atoms with E-state index in [1.807, 2.05) is 27.7 Å². The van der Waals surface area contributed by atoms with Crippen LogP contribution in [0.25, 0.3) is 10.1 Å². The summed E-state index contributed by atoms with van der Waals surface area (Å²) in [6.45, 7) is 7.56. The molecule has 0 radical (unpaired) electrons. The predicted molar refractivity (Wildman–Crippen MR) is 87.8 cm³/mol. The molecule has 1 atom stereocenters. The van der Waals surface area contributed by atoms with Crippen LogP contribution in [0.2, 0.25) is 0 Å². The number of hydrogen-bond acceptors (Lipinski definition) is 3. The average molecular weight is 289 g/mol. The van der Waals surface area contributed by atoms with E-state index in [-0.39, 0.29) is 12.1 Å². The third kappa shape index (κ3) is 3.76. The lowest BCUT2D eigenvalue weighted by Crippen LogP contribution is -2.33. The van der Waals surface area contributed by atoms with E-state index in [0.717, 1.165) is 4.88 Å². The molecular weight excluding hydrogens is 269 g/mol. The highest BCUT2D eigenvalue weighted by Crippen LogP contribution is 2.29. The van der Waals surface area contributed by atoms with Crippen LogP contribution in [0.4, 0.5) is 4.79 Å². The Labute approximate surface area is 124 Å². The van der Waals surface area contributed by atoms with Crippen LogP contribution in [0, 0.1) is 0 Å². The van der Waals surface area contributed by atoms with E-state index in [2.05, 4.69) is 37.4 Å². The van der Waals surface area contributed by atoms with Crippen molar-refractivity contribution in [3.8, 4) is 0 Å². The van der Waals surface area contributed by atoms with Crippen LogP contribution in [-0.2, 0) is 4.74 Å². The van der Waals surface area contributed by atoms with E-state index < -0.39 is 5.60 Å². The second-order valence-corrected chi connectivity index (χ2v) is 7.17. The lowest BCUT2D eigenvalue weighted by molar-refractivity contribution is 0.0509. The van der Waals surface area contributed by atoms with Crippen LogP contribution in [-0.4, -0.2) is 19.5 Å². The van der Waals surface area contributed by atoms with Crippen LogP contribution < -0.4 is 10.8 Å². The number of amides is 1. The molecule has 2 aromatic rings. The van der Waals surface area contributed by atoms with Crippen LogP contribution in [0.1, 0.15) is 38.6 Å². The molecule has 20 heavy (non-hydrogen) atoms. The summed E-state index contributed by atoms with van der Waals surface area (Å²) in [5, 5.41) is 4.09. The molecule has 106 valence electrons. The van der Waals surface area contributed by atoms with E-state index >= 15 is 0 Å². The number of carbonyl (C=O) groups is 1. The second kappa shape index (κ2) is 5.48. The summed E-state index contributed by atoms with van der Waals surface area (Å²) >= 11 is 1.71. The summed E-state index contributed by atoms with van der Waals surface area (Å²) in [7, 11) is 2.08. The van der Waals surface area contributed by atoms with Gasteiger partial charge in [0.2, 0.25) is 0 Å². The van der Waals surface area contributed by atoms with Crippen molar-refractivity contribution >= 4 is 40.8 Å². The lowest BCUT2D eigenvalue weighted by atomic mass is 9.96. The van der Waals surface area contributed by atoms with Gasteiger partial charge in [0.25, 0.3) is 0 Å². The van der Waals surface area contributed by atoms with Gasteiger partial charge in [0.05, 0.1) is 6.04 Å². The summed E-state index contributed by atoms with van der Waals surface area (Å²) < 4.78 is 6.53. The van der Waals surface area contributed by atoms with Crippen LogP contribution in [0.15, 0.2) is 24.3 Å². The SMILES string of the molecule is Bc1ccc2cc(C(C)NC(=O)OC(C)(C)C)sc2c1. The standard InChI is InChI=1S/C15H20BNO2S/c1-9(17-14(18)19-15(2,3)4)12-7-10-5-6-11(16)8-13(10)20-12/h5-9H,16H2,1-4H3,(H,17,18). The first-order valence-corrected chi connectivity index (χ1v) is 7.56. The van der Waals surface area contributed by atoms with Gasteiger partial charge in [-0.1, -0.05) is 23.7 Å². The highest BCUT2D eigenvalue weighted by Gasteiger charge is 2.19. The fourth-order valence-electron chi connectivity index (χ4n) is 1.93. The van der Waals surface area contributed by atoms with Crippen molar-refractivity contribution in [3.05, 3.63) is 29.1 Å². The Hall–Kier alpha value is -1.49.